The Morgan fingerprint density at radius 3 is 2.21 bits per heavy atom. The van der Waals surface area contributed by atoms with Crippen molar-refractivity contribution < 1.29 is 13.2 Å². The highest BCUT2D eigenvalue weighted by Crippen LogP contribution is 2.30. The zero-order valence-electron chi connectivity index (χ0n) is 19.1. The molecule has 1 fully saturated rings. The summed E-state index contributed by atoms with van der Waals surface area (Å²) in [5.74, 6) is 1.54. The Morgan fingerprint density at radius 1 is 0.970 bits per heavy atom. The molecule has 1 aliphatic rings. The maximum absolute atomic E-state index is 13.1. The Bertz CT molecular complexity index is 1220. The number of benzene rings is 2. The normalized spacial score (nSPS) is 14.5. The van der Waals surface area contributed by atoms with Crippen molar-refractivity contribution in [1.29, 1.82) is 0 Å². The van der Waals surface area contributed by atoms with Gasteiger partial charge in [0.05, 0.1) is 23.9 Å². The number of hydrogen-bond donors (Lipinski definition) is 1. The van der Waals surface area contributed by atoms with Gasteiger partial charge in [-0.15, -0.1) is 0 Å². The fourth-order valence-corrected chi connectivity index (χ4v) is 5.19. The lowest BCUT2D eigenvalue weighted by atomic mass is 10.0. The van der Waals surface area contributed by atoms with Crippen LogP contribution in [0.3, 0.4) is 0 Å². The van der Waals surface area contributed by atoms with Crippen LogP contribution in [0.25, 0.3) is 0 Å². The molecule has 1 saturated heterocycles. The third kappa shape index (κ3) is 4.59. The Labute approximate surface area is 194 Å². The van der Waals surface area contributed by atoms with Crippen LogP contribution in [-0.2, 0) is 9.84 Å². The molecule has 0 unspecified atom stereocenters. The summed E-state index contributed by atoms with van der Waals surface area (Å²) in [6, 6.07) is 14.8. The lowest BCUT2D eigenvalue weighted by Gasteiger charge is -2.36. The van der Waals surface area contributed by atoms with Gasteiger partial charge in [0.1, 0.15) is 16.5 Å². The second-order valence-corrected chi connectivity index (χ2v) is 10.2. The lowest BCUT2D eigenvalue weighted by Crippen LogP contribution is -2.47. The maximum Gasteiger partial charge on any atom is 0.227 e. The van der Waals surface area contributed by atoms with Crippen LogP contribution >= 0.6 is 0 Å². The van der Waals surface area contributed by atoms with Crippen molar-refractivity contribution >= 4 is 27.3 Å². The van der Waals surface area contributed by atoms with Crippen LogP contribution in [0, 0.1) is 0 Å². The minimum Gasteiger partial charge on any atom is -0.495 e. The molecule has 0 spiro atoms. The van der Waals surface area contributed by atoms with Gasteiger partial charge < -0.3 is 20.3 Å². The number of aromatic nitrogens is 2. The number of nitrogens with zero attached hydrogens (tertiary/aromatic N) is 4. The van der Waals surface area contributed by atoms with Crippen LogP contribution < -0.4 is 20.3 Å². The Kier molecular flexibility index (Phi) is 6.42. The Balaban J connectivity index is 1.50. The van der Waals surface area contributed by atoms with E-state index in [1.807, 2.05) is 41.3 Å². The molecule has 0 radical (unpaired) electrons. The first-order valence-corrected chi connectivity index (χ1v) is 12.4. The molecule has 9 heteroatoms. The van der Waals surface area contributed by atoms with Crippen LogP contribution in [0.2, 0.25) is 0 Å². The fraction of sp³-hybridized carbons (Fsp3) is 0.333. The van der Waals surface area contributed by atoms with Crippen molar-refractivity contribution in [2.45, 2.75) is 29.6 Å². The van der Waals surface area contributed by atoms with Gasteiger partial charge in [-0.25, -0.2) is 13.4 Å². The molecule has 0 aliphatic carbocycles. The van der Waals surface area contributed by atoms with E-state index in [4.69, 9.17) is 10.5 Å². The van der Waals surface area contributed by atoms with Gasteiger partial charge in [0, 0.05) is 26.2 Å². The van der Waals surface area contributed by atoms with Crippen LogP contribution in [0.4, 0.5) is 17.5 Å². The van der Waals surface area contributed by atoms with Gasteiger partial charge in [-0.1, -0.05) is 38.1 Å². The van der Waals surface area contributed by atoms with E-state index in [0.717, 1.165) is 30.1 Å². The van der Waals surface area contributed by atoms with Crippen molar-refractivity contribution in [3.8, 4) is 5.75 Å². The molecule has 4 rings (SSSR count). The maximum atomic E-state index is 13.1. The minimum atomic E-state index is -3.80. The molecule has 0 bridgehead atoms. The number of nitrogen functional groups attached to an aromatic ring is 1. The largest absolute Gasteiger partial charge is 0.495 e. The molecular weight excluding hydrogens is 438 g/mol. The Hall–Kier alpha value is -3.33. The topological polar surface area (TPSA) is 102 Å². The predicted octanol–water partition coefficient (Wildman–Crippen LogP) is 3.35. The van der Waals surface area contributed by atoms with Crippen LogP contribution in [0.1, 0.15) is 25.3 Å². The average molecular weight is 468 g/mol. The van der Waals surface area contributed by atoms with Crippen molar-refractivity contribution in [1.82, 2.24) is 9.97 Å². The summed E-state index contributed by atoms with van der Waals surface area (Å²) in [5, 5.41) is 0. The highest BCUT2D eigenvalue weighted by atomic mass is 32.2. The Morgan fingerprint density at radius 2 is 1.61 bits per heavy atom. The highest BCUT2D eigenvalue weighted by Gasteiger charge is 2.25. The highest BCUT2D eigenvalue weighted by molar-refractivity contribution is 7.91. The van der Waals surface area contributed by atoms with Crippen molar-refractivity contribution in [3.05, 3.63) is 60.3 Å². The summed E-state index contributed by atoms with van der Waals surface area (Å²) in [6.45, 7) is 6.99. The van der Waals surface area contributed by atoms with E-state index < -0.39 is 9.84 Å². The summed E-state index contributed by atoms with van der Waals surface area (Å²) in [7, 11) is -2.14. The first kappa shape index (κ1) is 22.8. The molecule has 8 nitrogen and oxygen atoms in total. The van der Waals surface area contributed by atoms with E-state index in [-0.39, 0.29) is 15.6 Å². The molecule has 2 heterocycles. The molecule has 0 saturated carbocycles. The number of hydrogen-bond acceptors (Lipinski definition) is 8. The van der Waals surface area contributed by atoms with E-state index in [2.05, 4.69) is 28.7 Å². The predicted molar refractivity (Wildman–Crippen MR) is 130 cm³/mol. The molecule has 2 aromatic carbocycles. The van der Waals surface area contributed by atoms with Gasteiger partial charge in [0.15, 0.2) is 0 Å². The first-order chi connectivity index (χ1) is 15.8. The molecule has 3 aromatic rings. The molecule has 174 valence electrons. The van der Waals surface area contributed by atoms with E-state index in [0.29, 0.717) is 25.0 Å². The zero-order valence-corrected chi connectivity index (χ0v) is 19.9. The number of anilines is 3. The molecule has 2 N–H and O–H groups in total. The standard InChI is InChI=1S/C24H29N5O3S/c1-17(2)18-8-10-19(11-9-18)33(30,31)22-16-26-24(27-23(22)25)29-14-12-28(13-15-29)20-6-4-5-7-21(20)32-3/h4-11,16-17H,12-15H2,1-3H3,(H2,25,26,27). The van der Waals surface area contributed by atoms with Gasteiger partial charge in [0.2, 0.25) is 15.8 Å². The molecule has 33 heavy (non-hydrogen) atoms. The van der Waals surface area contributed by atoms with Gasteiger partial charge in [-0.2, -0.15) is 4.98 Å². The molecule has 1 aromatic heterocycles. The monoisotopic (exact) mass is 467 g/mol. The number of methoxy groups -OCH3 is 1. The molecule has 1 aliphatic heterocycles. The van der Waals surface area contributed by atoms with Gasteiger partial charge in [-0.05, 0) is 35.7 Å². The number of sulfone groups is 1. The summed E-state index contributed by atoms with van der Waals surface area (Å²) < 4.78 is 31.7. The van der Waals surface area contributed by atoms with Gasteiger partial charge in [0.25, 0.3) is 0 Å². The quantitative estimate of drug-likeness (QED) is 0.589. The average Bonchev–Trinajstić information content (AvgIpc) is 2.84. The number of para-hydroxylation sites is 2. The zero-order chi connectivity index (χ0) is 23.6. The van der Waals surface area contributed by atoms with E-state index in [9.17, 15) is 8.42 Å². The number of rotatable bonds is 6. The second-order valence-electron chi connectivity index (χ2n) is 8.29. The van der Waals surface area contributed by atoms with Crippen molar-refractivity contribution in [3.63, 3.8) is 0 Å². The minimum absolute atomic E-state index is 0.0416. The summed E-state index contributed by atoms with van der Waals surface area (Å²) in [5.41, 5.74) is 8.22. The molecular formula is C24H29N5O3S. The fourth-order valence-electron chi connectivity index (χ4n) is 3.93. The van der Waals surface area contributed by atoms with Crippen molar-refractivity contribution in [2.75, 3.05) is 48.8 Å². The van der Waals surface area contributed by atoms with Crippen molar-refractivity contribution in [2.24, 2.45) is 0 Å². The van der Waals surface area contributed by atoms with Crippen LogP contribution in [-0.4, -0.2) is 51.7 Å². The van der Waals surface area contributed by atoms with Gasteiger partial charge >= 0.3 is 0 Å². The number of ether oxygens (including phenoxy) is 1. The van der Waals surface area contributed by atoms with Crippen LogP contribution in [0.15, 0.2) is 64.5 Å². The summed E-state index contributed by atoms with van der Waals surface area (Å²) in [4.78, 5) is 13.0. The number of piperazine rings is 1. The van der Waals surface area contributed by atoms with E-state index in [1.54, 1.807) is 19.2 Å². The van der Waals surface area contributed by atoms with Gasteiger partial charge in [-0.3, -0.25) is 0 Å². The molecule has 0 amide bonds. The van der Waals surface area contributed by atoms with Crippen LogP contribution in [0.5, 0.6) is 5.75 Å². The SMILES string of the molecule is COc1ccccc1N1CCN(c2ncc(S(=O)(=O)c3ccc(C(C)C)cc3)c(N)n2)CC1. The summed E-state index contributed by atoms with van der Waals surface area (Å²) in [6.07, 6.45) is 1.32. The third-order valence-corrected chi connectivity index (χ3v) is 7.69. The summed E-state index contributed by atoms with van der Waals surface area (Å²) >= 11 is 0. The van der Waals surface area contributed by atoms with E-state index in [1.165, 1.54) is 6.20 Å². The smallest absolute Gasteiger partial charge is 0.227 e. The molecule has 0 atom stereocenters. The number of nitrogens with two attached hydrogens (primary N) is 1. The van der Waals surface area contributed by atoms with E-state index >= 15 is 0 Å². The third-order valence-electron chi connectivity index (χ3n) is 5.91. The second kappa shape index (κ2) is 9.27. The first-order valence-electron chi connectivity index (χ1n) is 10.9. The lowest BCUT2D eigenvalue weighted by molar-refractivity contribution is 0.413.